The summed E-state index contributed by atoms with van der Waals surface area (Å²) in [6, 6.07) is -1.16. The van der Waals surface area contributed by atoms with E-state index in [4.69, 9.17) is 33.2 Å². The van der Waals surface area contributed by atoms with Crippen molar-refractivity contribution >= 4 is 29.2 Å². The second kappa shape index (κ2) is 30.9. The Morgan fingerprint density at radius 3 is 2.29 bits per heavy atom. The van der Waals surface area contributed by atoms with Crippen LogP contribution in [0.2, 0.25) is 0 Å². The Bertz CT molecular complexity index is 1900. The predicted octanol–water partition coefficient (Wildman–Crippen LogP) is 6.99. The molecule has 4 rings (SSSR count). The van der Waals surface area contributed by atoms with Crippen molar-refractivity contribution in [3.63, 3.8) is 0 Å². The Morgan fingerprint density at radius 2 is 1.59 bits per heavy atom. The SMILES string of the molecule is CCCOCCOC1C[C@@H]2CC[C@@H](C)[C@@](O)(O2)C(=O)C(=O)N2CCCC[C@H]2C(=O)O[C@H]([C@H](C)C[C@@H]2CC[C@@H](OCCO)[C@H](OC)C2)CC(=O)[C@H](C)/C=C(\C)[C@@H](O)[C@@H](OC)C(=O)[C@H](C)C[C@H](C)/C=C/C=C/C=C/1C. The van der Waals surface area contributed by atoms with Gasteiger partial charge in [-0.1, -0.05) is 78.0 Å². The van der Waals surface area contributed by atoms with E-state index in [9.17, 15) is 39.3 Å². The number of cyclic esters (lactones) is 1. The van der Waals surface area contributed by atoms with E-state index in [1.54, 1.807) is 34.0 Å². The monoisotopic (exact) mass is 1030 g/mol. The Morgan fingerprint density at radius 1 is 0.836 bits per heavy atom. The third kappa shape index (κ3) is 18.1. The van der Waals surface area contributed by atoms with Crippen molar-refractivity contribution in [2.24, 2.45) is 35.5 Å². The van der Waals surface area contributed by atoms with E-state index in [0.717, 1.165) is 18.4 Å². The lowest BCUT2D eigenvalue weighted by Gasteiger charge is -2.43. The summed E-state index contributed by atoms with van der Waals surface area (Å²) in [4.78, 5) is 72.7. The highest BCUT2D eigenvalue weighted by molar-refractivity contribution is 6.39. The number of ketones is 3. The van der Waals surface area contributed by atoms with Crippen molar-refractivity contribution in [1.29, 1.82) is 0 Å². The van der Waals surface area contributed by atoms with Gasteiger partial charge in [0.2, 0.25) is 5.79 Å². The van der Waals surface area contributed by atoms with E-state index in [0.29, 0.717) is 76.8 Å². The maximum Gasteiger partial charge on any atom is 0.329 e. The van der Waals surface area contributed by atoms with Crippen LogP contribution in [0.25, 0.3) is 0 Å². The third-order valence-corrected chi connectivity index (χ3v) is 15.5. The average Bonchev–Trinajstić information content (AvgIpc) is 3.37. The summed E-state index contributed by atoms with van der Waals surface area (Å²) < 4.78 is 42.0. The van der Waals surface area contributed by atoms with Crippen LogP contribution in [0.1, 0.15) is 139 Å². The molecule has 16 heteroatoms. The van der Waals surface area contributed by atoms with Gasteiger partial charge in [-0.2, -0.15) is 0 Å². The fraction of sp³-hybridized carbons (Fsp3) is 0.772. The highest BCUT2D eigenvalue weighted by Gasteiger charge is 2.53. The average molecular weight is 1030 g/mol. The number of hydrogen-bond donors (Lipinski definition) is 3. The van der Waals surface area contributed by atoms with E-state index in [1.165, 1.54) is 12.0 Å². The Balaban J connectivity index is 1.71. The number of carbonyl (C=O) groups excluding carboxylic acids is 5. The lowest BCUT2D eigenvalue weighted by atomic mass is 9.78. The molecular formula is C57H91NO15. The van der Waals surface area contributed by atoms with Gasteiger partial charge in [0.25, 0.3) is 11.7 Å². The highest BCUT2D eigenvalue weighted by Crippen LogP contribution is 2.38. The molecule has 1 saturated carbocycles. The van der Waals surface area contributed by atoms with Gasteiger partial charge in [0, 0.05) is 58.0 Å². The number of methoxy groups -OCH3 is 2. The van der Waals surface area contributed by atoms with Crippen LogP contribution in [-0.2, 0) is 57.1 Å². The predicted molar refractivity (Wildman–Crippen MR) is 276 cm³/mol. The lowest BCUT2D eigenvalue weighted by molar-refractivity contribution is -0.266. The Hall–Kier alpha value is -3.45. The van der Waals surface area contributed by atoms with Crippen LogP contribution in [0.4, 0.5) is 0 Å². The van der Waals surface area contributed by atoms with Crippen molar-refractivity contribution in [3.8, 4) is 0 Å². The molecule has 3 aliphatic heterocycles. The molecule has 1 aliphatic carbocycles. The molecule has 15 atom stereocenters. The number of carbonyl (C=O) groups is 5. The second-order valence-electron chi connectivity index (χ2n) is 21.4. The zero-order chi connectivity index (χ0) is 53.8. The summed E-state index contributed by atoms with van der Waals surface area (Å²) in [6.07, 6.45) is 12.6. The summed E-state index contributed by atoms with van der Waals surface area (Å²) in [5.74, 6) is -8.09. The molecule has 1 unspecified atom stereocenters. The minimum Gasteiger partial charge on any atom is -0.460 e. The van der Waals surface area contributed by atoms with Gasteiger partial charge in [-0.25, -0.2) is 4.79 Å². The quantitative estimate of drug-likeness (QED) is 0.0692. The van der Waals surface area contributed by atoms with Crippen LogP contribution in [0.3, 0.4) is 0 Å². The van der Waals surface area contributed by atoms with Gasteiger partial charge < -0.3 is 53.4 Å². The van der Waals surface area contributed by atoms with Gasteiger partial charge in [0.15, 0.2) is 5.78 Å². The first-order valence-electron chi connectivity index (χ1n) is 27.2. The molecule has 2 saturated heterocycles. The number of fused-ring (bicyclic) bond motifs is 3. The Kier molecular flexibility index (Phi) is 26.3. The summed E-state index contributed by atoms with van der Waals surface area (Å²) in [7, 11) is 3.01. The van der Waals surface area contributed by atoms with Gasteiger partial charge in [-0.3, -0.25) is 19.2 Å². The molecule has 0 aromatic carbocycles. The number of hydrogen-bond acceptors (Lipinski definition) is 15. The van der Waals surface area contributed by atoms with Crippen LogP contribution in [-0.4, -0.2) is 158 Å². The molecule has 0 aromatic rings. The Labute approximate surface area is 435 Å². The summed E-state index contributed by atoms with van der Waals surface area (Å²) >= 11 is 0. The van der Waals surface area contributed by atoms with E-state index in [1.807, 2.05) is 65.0 Å². The normalized spacial score (nSPS) is 37.3. The topological polar surface area (TPSA) is 214 Å². The number of ether oxygens (including phenoxy) is 7. The zero-order valence-electron chi connectivity index (χ0n) is 45.7. The number of allylic oxidation sites excluding steroid dienone is 6. The molecule has 414 valence electrons. The van der Waals surface area contributed by atoms with Crippen molar-refractivity contribution in [2.75, 3.05) is 53.8 Å². The van der Waals surface area contributed by atoms with Gasteiger partial charge in [0.1, 0.15) is 30.1 Å². The molecule has 0 aromatic heterocycles. The van der Waals surface area contributed by atoms with E-state index < -0.39 is 77.8 Å². The maximum absolute atomic E-state index is 14.6. The largest absolute Gasteiger partial charge is 0.460 e. The maximum atomic E-state index is 14.6. The first-order chi connectivity index (χ1) is 34.8. The van der Waals surface area contributed by atoms with Gasteiger partial charge >= 0.3 is 5.97 Å². The number of Topliss-reactive ketones (excluding diaryl/α,β-unsaturated/α-hetero) is 3. The van der Waals surface area contributed by atoms with Crippen molar-refractivity contribution in [3.05, 3.63) is 47.6 Å². The molecule has 0 spiro atoms. The zero-order valence-corrected chi connectivity index (χ0v) is 45.7. The summed E-state index contributed by atoms with van der Waals surface area (Å²) in [6.45, 7) is 16.2. The molecule has 4 aliphatic rings. The van der Waals surface area contributed by atoms with Crippen LogP contribution in [0.5, 0.6) is 0 Å². The fourth-order valence-corrected chi connectivity index (χ4v) is 10.9. The molecule has 0 radical (unpaired) electrons. The van der Waals surface area contributed by atoms with Crippen molar-refractivity contribution in [2.45, 2.75) is 193 Å². The number of nitrogens with zero attached hydrogens (tertiary/aromatic N) is 1. The van der Waals surface area contributed by atoms with Gasteiger partial charge in [0.05, 0.1) is 50.8 Å². The second-order valence-corrected chi connectivity index (χ2v) is 21.4. The minimum absolute atomic E-state index is 0.000424. The van der Waals surface area contributed by atoms with E-state index >= 15 is 0 Å². The highest BCUT2D eigenvalue weighted by atomic mass is 16.6. The van der Waals surface area contributed by atoms with Gasteiger partial charge in [-0.05, 0) is 113 Å². The number of aliphatic hydroxyl groups is 3. The summed E-state index contributed by atoms with van der Waals surface area (Å²) in [5.41, 5.74) is 1.25. The number of piperidine rings is 1. The molecule has 1 amide bonds. The van der Waals surface area contributed by atoms with Crippen LogP contribution < -0.4 is 0 Å². The first-order valence-corrected chi connectivity index (χ1v) is 27.2. The minimum atomic E-state index is -2.46. The number of amides is 1. The van der Waals surface area contributed by atoms with E-state index in [2.05, 4.69) is 0 Å². The number of esters is 1. The molecule has 3 fully saturated rings. The molecule has 2 bridgehead atoms. The first kappa shape index (κ1) is 62.1. The summed E-state index contributed by atoms with van der Waals surface area (Å²) in [5, 5.41) is 33.1. The molecule has 3 N–H and O–H groups in total. The van der Waals surface area contributed by atoms with Crippen molar-refractivity contribution in [1.82, 2.24) is 4.90 Å². The van der Waals surface area contributed by atoms with Crippen LogP contribution >= 0.6 is 0 Å². The number of aliphatic hydroxyl groups excluding tert-OH is 2. The third-order valence-electron chi connectivity index (χ3n) is 15.5. The lowest BCUT2D eigenvalue weighted by Crippen LogP contribution is -2.61. The standard InChI is InChI=1S/C57H91NO15/c1-11-26-69-28-29-71-48-34-44-22-20-42(8)57(66,73-44)54(63)55(64)58-24-16-15-19-45(58)56(65)72-49(39(5)32-43-21-23-47(70-27-25-59)50(33-43)67-9)35-46(60)38(4)31-41(7)52(62)53(68-10)51(61)40(6)30-36(2)17-13-12-14-18-37(48)3/h12-14,17-18,31,36,38-40,42-45,47-50,52-53,59,62,66H,11,15-16,19-30,32-35H2,1-10H3/b14-12+,17-13+,37-18+,41-31+/t36-,38-,39-,40-,42-,43+,44+,45+,47-,48?,49+,50-,52-,53+,57-/m1/s1. The van der Waals surface area contributed by atoms with Crippen LogP contribution in [0, 0.1) is 35.5 Å². The van der Waals surface area contributed by atoms with Crippen molar-refractivity contribution < 1.29 is 72.5 Å². The molecule has 16 nitrogen and oxygen atoms in total. The fourth-order valence-electron chi connectivity index (χ4n) is 10.9. The number of rotatable bonds is 14. The van der Waals surface area contributed by atoms with Gasteiger partial charge in [-0.15, -0.1) is 0 Å². The van der Waals surface area contributed by atoms with E-state index in [-0.39, 0.29) is 80.5 Å². The molecule has 3 heterocycles. The smallest absolute Gasteiger partial charge is 0.329 e. The molecular weight excluding hydrogens is 939 g/mol. The molecule has 73 heavy (non-hydrogen) atoms. The van der Waals surface area contributed by atoms with Crippen LogP contribution in [0.15, 0.2) is 47.6 Å².